The third-order valence-electron chi connectivity index (χ3n) is 4.87. The van der Waals surface area contributed by atoms with Gasteiger partial charge in [-0.2, -0.15) is 5.10 Å². The highest BCUT2D eigenvalue weighted by atomic mass is 127. The van der Waals surface area contributed by atoms with E-state index in [1.54, 1.807) is 0 Å². The number of aromatic nitrogens is 2. The average molecular weight is 461 g/mol. The zero-order valence-electron chi connectivity index (χ0n) is 16.3. The molecule has 0 aromatic carbocycles. The largest absolute Gasteiger partial charge is 0.357 e. The van der Waals surface area contributed by atoms with Crippen molar-refractivity contribution in [2.24, 2.45) is 23.4 Å². The van der Waals surface area contributed by atoms with Crippen LogP contribution in [-0.2, 0) is 13.5 Å². The highest BCUT2D eigenvalue weighted by Gasteiger charge is 2.37. The van der Waals surface area contributed by atoms with Gasteiger partial charge in [0.25, 0.3) is 0 Å². The molecule has 0 unspecified atom stereocenters. The molecule has 1 heterocycles. The second-order valence-corrected chi connectivity index (χ2v) is 7.70. The molecule has 0 amide bonds. The van der Waals surface area contributed by atoms with Crippen LogP contribution in [0, 0.1) is 11.3 Å². The lowest BCUT2D eigenvalue weighted by Gasteiger charge is -2.42. The Morgan fingerprint density at radius 3 is 2.64 bits per heavy atom. The SMILES string of the molecule is CCNC(=NCC1(CC(C)C)CCC1)NCCCc1cnn(C)c1.I. The first-order valence-corrected chi connectivity index (χ1v) is 9.53. The fraction of sp³-hybridized carbons (Fsp3) is 0.789. The van der Waals surface area contributed by atoms with Crippen LogP contribution in [0.25, 0.3) is 0 Å². The van der Waals surface area contributed by atoms with Crippen LogP contribution in [0.15, 0.2) is 17.4 Å². The van der Waals surface area contributed by atoms with E-state index in [-0.39, 0.29) is 24.0 Å². The monoisotopic (exact) mass is 461 g/mol. The van der Waals surface area contributed by atoms with Gasteiger partial charge in [0.2, 0.25) is 0 Å². The quantitative estimate of drug-likeness (QED) is 0.255. The molecular formula is C19H36IN5. The van der Waals surface area contributed by atoms with Crippen molar-refractivity contribution >= 4 is 29.9 Å². The zero-order chi connectivity index (χ0) is 17.4. The van der Waals surface area contributed by atoms with Crippen LogP contribution in [0.1, 0.15) is 58.4 Å². The molecule has 0 radical (unpaired) electrons. The normalized spacial score (nSPS) is 16.3. The third kappa shape index (κ3) is 7.54. The van der Waals surface area contributed by atoms with Crippen molar-refractivity contribution < 1.29 is 0 Å². The van der Waals surface area contributed by atoms with Crippen molar-refractivity contribution in [1.29, 1.82) is 0 Å². The molecule has 25 heavy (non-hydrogen) atoms. The molecule has 2 N–H and O–H groups in total. The lowest BCUT2D eigenvalue weighted by atomic mass is 9.64. The fourth-order valence-electron chi connectivity index (χ4n) is 3.66. The van der Waals surface area contributed by atoms with Crippen molar-refractivity contribution in [1.82, 2.24) is 20.4 Å². The Labute approximate surface area is 170 Å². The van der Waals surface area contributed by atoms with E-state index in [2.05, 4.69) is 42.7 Å². The van der Waals surface area contributed by atoms with Gasteiger partial charge < -0.3 is 10.6 Å². The van der Waals surface area contributed by atoms with E-state index in [0.29, 0.717) is 5.41 Å². The van der Waals surface area contributed by atoms with E-state index in [1.807, 2.05) is 17.9 Å². The number of nitrogens with one attached hydrogen (secondary N) is 2. The summed E-state index contributed by atoms with van der Waals surface area (Å²) >= 11 is 0. The maximum atomic E-state index is 4.89. The number of rotatable bonds is 9. The molecule has 1 aliphatic carbocycles. The van der Waals surface area contributed by atoms with Gasteiger partial charge in [-0.15, -0.1) is 24.0 Å². The van der Waals surface area contributed by atoms with E-state index in [0.717, 1.165) is 44.4 Å². The molecule has 0 spiro atoms. The summed E-state index contributed by atoms with van der Waals surface area (Å²) in [6.07, 6.45) is 11.5. The van der Waals surface area contributed by atoms with Gasteiger partial charge >= 0.3 is 0 Å². The van der Waals surface area contributed by atoms with Crippen LogP contribution < -0.4 is 10.6 Å². The maximum Gasteiger partial charge on any atom is 0.191 e. The van der Waals surface area contributed by atoms with Crippen molar-refractivity contribution in [3.63, 3.8) is 0 Å². The van der Waals surface area contributed by atoms with Gasteiger partial charge in [0.05, 0.1) is 6.20 Å². The van der Waals surface area contributed by atoms with Crippen LogP contribution in [-0.4, -0.2) is 35.4 Å². The first-order valence-electron chi connectivity index (χ1n) is 9.53. The molecule has 1 saturated carbocycles. The topological polar surface area (TPSA) is 54.2 Å². The fourth-order valence-corrected chi connectivity index (χ4v) is 3.66. The first-order chi connectivity index (χ1) is 11.5. The number of aryl methyl sites for hydroxylation is 2. The summed E-state index contributed by atoms with van der Waals surface area (Å²) < 4.78 is 1.86. The molecule has 1 fully saturated rings. The molecule has 1 aromatic rings. The van der Waals surface area contributed by atoms with E-state index < -0.39 is 0 Å². The van der Waals surface area contributed by atoms with Gasteiger partial charge in [0, 0.05) is 32.9 Å². The van der Waals surface area contributed by atoms with E-state index in [9.17, 15) is 0 Å². The van der Waals surface area contributed by atoms with Crippen LogP contribution in [0.2, 0.25) is 0 Å². The average Bonchev–Trinajstić information content (AvgIpc) is 2.91. The molecule has 1 aliphatic rings. The van der Waals surface area contributed by atoms with Crippen molar-refractivity contribution in [2.75, 3.05) is 19.6 Å². The van der Waals surface area contributed by atoms with E-state index in [4.69, 9.17) is 4.99 Å². The number of nitrogens with zero attached hydrogens (tertiary/aromatic N) is 3. The van der Waals surface area contributed by atoms with Crippen molar-refractivity contribution in [2.45, 2.75) is 59.3 Å². The first kappa shape index (κ1) is 22.3. The molecule has 1 aromatic heterocycles. The van der Waals surface area contributed by atoms with Crippen molar-refractivity contribution in [3.05, 3.63) is 18.0 Å². The highest BCUT2D eigenvalue weighted by Crippen LogP contribution is 2.46. The number of aliphatic imine (C=N–C) groups is 1. The minimum atomic E-state index is 0. The number of hydrogen-bond acceptors (Lipinski definition) is 2. The summed E-state index contributed by atoms with van der Waals surface area (Å²) in [5.74, 6) is 1.73. The molecule has 144 valence electrons. The Morgan fingerprint density at radius 2 is 2.12 bits per heavy atom. The second kappa shape index (κ2) is 11.0. The van der Waals surface area contributed by atoms with Crippen LogP contribution in [0.5, 0.6) is 0 Å². The highest BCUT2D eigenvalue weighted by molar-refractivity contribution is 14.0. The molecule has 5 nitrogen and oxygen atoms in total. The number of hydrogen-bond donors (Lipinski definition) is 2. The van der Waals surface area contributed by atoms with Crippen LogP contribution in [0.3, 0.4) is 0 Å². The molecule has 0 bridgehead atoms. The predicted octanol–water partition coefficient (Wildman–Crippen LogP) is 3.74. The summed E-state index contributed by atoms with van der Waals surface area (Å²) in [7, 11) is 1.96. The van der Waals surface area contributed by atoms with E-state index >= 15 is 0 Å². The minimum absolute atomic E-state index is 0. The lowest BCUT2D eigenvalue weighted by Crippen LogP contribution is -2.40. The standard InChI is InChI=1S/C19H35N5.HI/c1-5-20-18(21-11-6-8-17-13-23-24(4)14-17)22-15-19(9-7-10-19)12-16(2)3;/h13-14,16H,5-12,15H2,1-4H3,(H2,20,21,22);1H. The Hall–Kier alpha value is -0.790. The minimum Gasteiger partial charge on any atom is -0.357 e. The molecule has 0 atom stereocenters. The lowest BCUT2D eigenvalue weighted by molar-refractivity contribution is 0.111. The van der Waals surface area contributed by atoms with Gasteiger partial charge in [-0.05, 0) is 55.9 Å². The molecule has 0 aliphatic heterocycles. The summed E-state index contributed by atoms with van der Waals surface area (Å²) in [5.41, 5.74) is 1.76. The molecule has 6 heteroatoms. The molecular weight excluding hydrogens is 425 g/mol. The van der Waals surface area contributed by atoms with Crippen LogP contribution in [0.4, 0.5) is 0 Å². The number of halogens is 1. The Balaban J connectivity index is 0.00000312. The summed E-state index contributed by atoms with van der Waals surface area (Å²) in [6.45, 7) is 9.59. The predicted molar refractivity (Wildman–Crippen MR) is 117 cm³/mol. The van der Waals surface area contributed by atoms with Gasteiger partial charge in [0.1, 0.15) is 0 Å². The Morgan fingerprint density at radius 1 is 1.36 bits per heavy atom. The second-order valence-electron chi connectivity index (χ2n) is 7.70. The van der Waals surface area contributed by atoms with Gasteiger partial charge in [0.15, 0.2) is 5.96 Å². The Bertz CT molecular complexity index is 520. The van der Waals surface area contributed by atoms with Gasteiger partial charge in [-0.1, -0.05) is 20.3 Å². The smallest absolute Gasteiger partial charge is 0.191 e. The number of guanidine groups is 1. The summed E-state index contributed by atoms with van der Waals surface area (Å²) in [4.78, 5) is 4.89. The van der Waals surface area contributed by atoms with Gasteiger partial charge in [-0.3, -0.25) is 9.67 Å². The Kier molecular flexibility index (Phi) is 9.82. The zero-order valence-corrected chi connectivity index (χ0v) is 18.7. The summed E-state index contributed by atoms with van der Waals surface area (Å²) in [6, 6.07) is 0. The van der Waals surface area contributed by atoms with E-state index in [1.165, 1.54) is 31.2 Å². The van der Waals surface area contributed by atoms with Crippen LogP contribution >= 0.6 is 24.0 Å². The molecule has 0 saturated heterocycles. The molecule has 2 rings (SSSR count). The van der Waals surface area contributed by atoms with Crippen molar-refractivity contribution in [3.8, 4) is 0 Å². The summed E-state index contributed by atoms with van der Waals surface area (Å²) in [5, 5.41) is 11.1. The third-order valence-corrected chi connectivity index (χ3v) is 4.87. The maximum absolute atomic E-state index is 4.89. The van der Waals surface area contributed by atoms with Gasteiger partial charge in [-0.25, -0.2) is 0 Å².